The highest BCUT2D eigenvalue weighted by atomic mass is 19.1. The average molecular weight is 419 g/mol. The predicted octanol–water partition coefficient (Wildman–Crippen LogP) is 5.75. The number of hydrogen-bond acceptors (Lipinski definition) is 3. The maximum absolute atomic E-state index is 14.9. The van der Waals surface area contributed by atoms with Crippen molar-refractivity contribution in [2.75, 3.05) is 13.1 Å². The fourth-order valence-electron chi connectivity index (χ4n) is 3.95. The molecule has 1 fully saturated rings. The molecule has 31 heavy (non-hydrogen) atoms. The van der Waals surface area contributed by atoms with Gasteiger partial charge in [0.05, 0.1) is 0 Å². The van der Waals surface area contributed by atoms with Crippen molar-refractivity contribution in [3.63, 3.8) is 0 Å². The first-order valence-corrected chi connectivity index (χ1v) is 10.6. The summed E-state index contributed by atoms with van der Waals surface area (Å²) in [5.41, 5.74) is 10.1. The lowest BCUT2D eigenvalue weighted by atomic mass is 9.96. The van der Waals surface area contributed by atoms with Crippen LogP contribution in [0.25, 0.3) is 16.7 Å². The number of benzene rings is 2. The van der Waals surface area contributed by atoms with Gasteiger partial charge in [-0.15, -0.1) is 0 Å². The summed E-state index contributed by atoms with van der Waals surface area (Å²) in [7, 11) is 0. The molecular formula is C25H27FN4O. The smallest absolute Gasteiger partial charge is 0.199 e. The van der Waals surface area contributed by atoms with Gasteiger partial charge in [-0.25, -0.2) is 4.39 Å². The van der Waals surface area contributed by atoms with Gasteiger partial charge in [-0.3, -0.25) is 0 Å². The van der Waals surface area contributed by atoms with Crippen molar-refractivity contribution in [2.24, 2.45) is 10.7 Å². The van der Waals surface area contributed by atoms with Gasteiger partial charge in [-0.05, 0) is 50.3 Å². The molecule has 3 aromatic rings. The Hall–Kier alpha value is -3.41. The topological polar surface area (TPSA) is 67.7 Å². The van der Waals surface area contributed by atoms with Gasteiger partial charge in [0.15, 0.2) is 17.5 Å². The number of allylic oxidation sites excluding steroid dienone is 1. The zero-order chi connectivity index (χ0) is 21.8. The summed E-state index contributed by atoms with van der Waals surface area (Å²) in [5.74, 6) is 1.13. The predicted molar refractivity (Wildman–Crippen MR) is 122 cm³/mol. The van der Waals surface area contributed by atoms with E-state index in [2.05, 4.69) is 15.0 Å². The lowest BCUT2D eigenvalue weighted by Gasteiger charge is -2.27. The molecule has 1 aliphatic rings. The van der Waals surface area contributed by atoms with Crippen molar-refractivity contribution in [1.29, 1.82) is 0 Å². The molecule has 1 aromatic heterocycles. The maximum Gasteiger partial charge on any atom is 0.199 e. The van der Waals surface area contributed by atoms with Crippen molar-refractivity contribution in [2.45, 2.75) is 33.1 Å². The molecule has 5 nitrogen and oxygen atoms in total. The molecule has 0 radical (unpaired) electrons. The SMILES string of the molecule is CC(C)=C(c1ccc(-c2ccccc2)c(F)c1)c1cc(N=C(N)N2CCCCC2)no1. The summed E-state index contributed by atoms with van der Waals surface area (Å²) >= 11 is 0. The van der Waals surface area contributed by atoms with E-state index in [1.165, 1.54) is 12.5 Å². The van der Waals surface area contributed by atoms with Crippen molar-refractivity contribution >= 4 is 17.4 Å². The Morgan fingerprint density at radius 1 is 1.03 bits per heavy atom. The Kier molecular flexibility index (Phi) is 6.16. The largest absolute Gasteiger partial charge is 0.369 e. The fraction of sp³-hybridized carbons (Fsp3) is 0.280. The van der Waals surface area contributed by atoms with Gasteiger partial charge in [0.25, 0.3) is 0 Å². The molecule has 160 valence electrons. The Bertz CT molecular complexity index is 1110. The van der Waals surface area contributed by atoms with Crippen LogP contribution in [0.1, 0.15) is 44.4 Å². The van der Waals surface area contributed by atoms with E-state index in [0.29, 0.717) is 23.1 Å². The second kappa shape index (κ2) is 9.16. The van der Waals surface area contributed by atoms with Crippen molar-refractivity contribution < 1.29 is 8.91 Å². The second-order valence-corrected chi connectivity index (χ2v) is 8.00. The van der Waals surface area contributed by atoms with E-state index in [4.69, 9.17) is 10.3 Å². The van der Waals surface area contributed by atoms with Crippen LogP contribution in [0.15, 0.2) is 69.7 Å². The molecule has 0 saturated carbocycles. The zero-order valence-electron chi connectivity index (χ0n) is 17.9. The maximum atomic E-state index is 14.9. The molecule has 0 bridgehead atoms. The summed E-state index contributed by atoms with van der Waals surface area (Å²) in [5, 5.41) is 4.07. The first-order valence-electron chi connectivity index (χ1n) is 10.6. The first kappa shape index (κ1) is 20.8. The molecule has 1 saturated heterocycles. The number of halogens is 1. The molecule has 0 amide bonds. The Balaban J connectivity index is 1.62. The Labute approximate surface area is 182 Å². The third kappa shape index (κ3) is 4.68. The normalized spacial score (nSPS) is 14.5. The highest BCUT2D eigenvalue weighted by Crippen LogP contribution is 2.32. The second-order valence-electron chi connectivity index (χ2n) is 8.00. The van der Waals surface area contributed by atoms with Crippen LogP contribution >= 0.6 is 0 Å². The van der Waals surface area contributed by atoms with Gasteiger partial charge in [0.2, 0.25) is 0 Å². The molecule has 2 N–H and O–H groups in total. The highest BCUT2D eigenvalue weighted by molar-refractivity contribution is 5.83. The number of aliphatic imine (C=N–C) groups is 1. The van der Waals surface area contributed by atoms with Crippen LogP contribution in [0.4, 0.5) is 10.2 Å². The van der Waals surface area contributed by atoms with Crippen LogP contribution in [0.5, 0.6) is 0 Å². The molecule has 0 spiro atoms. The van der Waals surface area contributed by atoms with Gasteiger partial charge in [0.1, 0.15) is 5.82 Å². The Morgan fingerprint density at radius 3 is 2.45 bits per heavy atom. The molecule has 2 aromatic carbocycles. The summed E-state index contributed by atoms with van der Waals surface area (Å²) in [6.45, 7) is 5.75. The van der Waals surface area contributed by atoms with Crippen LogP contribution in [0.2, 0.25) is 0 Å². The molecule has 1 aliphatic heterocycles. The third-order valence-corrected chi connectivity index (χ3v) is 5.50. The highest BCUT2D eigenvalue weighted by Gasteiger charge is 2.17. The number of rotatable bonds is 4. The quantitative estimate of drug-likeness (QED) is 0.432. The molecule has 0 aliphatic carbocycles. The summed E-state index contributed by atoms with van der Waals surface area (Å²) < 4.78 is 20.5. The van der Waals surface area contributed by atoms with E-state index < -0.39 is 0 Å². The average Bonchev–Trinajstić information content (AvgIpc) is 3.22. The number of likely N-dealkylation sites (tertiary alicyclic amines) is 1. The molecule has 6 heteroatoms. The number of piperidine rings is 1. The van der Waals surface area contributed by atoms with Gasteiger partial charge in [-0.2, -0.15) is 4.99 Å². The lowest BCUT2D eigenvalue weighted by molar-refractivity contribution is 0.339. The third-order valence-electron chi connectivity index (χ3n) is 5.50. The van der Waals surface area contributed by atoms with Gasteiger partial charge < -0.3 is 15.2 Å². The number of guanidine groups is 1. The van der Waals surface area contributed by atoms with E-state index >= 15 is 0 Å². The number of nitrogens with zero attached hydrogens (tertiary/aromatic N) is 3. The molecule has 0 unspecified atom stereocenters. The van der Waals surface area contributed by atoms with Crippen LogP contribution in [0, 0.1) is 5.82 Å². The van der Waals surface area contributed by atoms with Crippen LogP contribution in [-0.4, -0.2) is 29.1 Å². The van der Waals surface area contributed by atoms with Crippen LogP contribution in [-0.2, 0) is 0 Å². The monoisotopic (exact) mass is 418 g/mol. The van der Waals surface area contributed by atoms with E-state index in [0.717, 1.165) is 48.2 Å². The fourth-order valence-corrected chi connectivity index (χ4v) is 3.95. The van der Waals surface area contributed by atoms with E-state index in [9.17, 15) is 4.39 Å². The number of aromatic nitrogens is 1. The molecule has 0 atom stereocenters. The molecule has 4 rings (SSSR count). The van der Waals surface area contributed by atoms with Crippen molar-refractivity contribution in [3.05, 3.63) is 77.3 Å². The molecular weight excluding hydrogens is 391 g/mol. The number of nitrogens with two attached hydrogens (primary N) is 1. The summed E-state index contributed by atoms with van der Waals surface area (Å²) in [4.78, 5) is 6.50. The van der Waals surface area contributed by atoms with E-state index in [1.807, 2.05) is 50.2 Å². The zero-order valence-corrected chi connectivity index (χ0v) is 17.9. The summed E-state index contributed by atoms with van der Waals surface area (Å²) in [6.07, 6.45) is 3.46. The van der Waals surface area contributed by atoms with Crippen molar-refractivity contribution in [1.82, 2.24) is 10.1 Å². The van der Waals surface area contributed by atoms with Gasteiger partial charge in [0, 0.05) is 30.3 Å². The van der Waals surface area contributed by atoms with E-state index in [1.54, 1.807) is 12.1 Å². The number of hydrogen-bond donors (Lipinski definition) is 1. The minimum Gasteiger partial charge on any atom is -0.369 e. The summed E-state index contributed by atoms with van der Waals surface area (Å²) in [6, 6.07) is 16.5. The minimum atomic E-state index is -0.283. The minimum absolute atomic E-state index is 0.283. The van der Waals surface area contributed by atoms with Gasteiger partial charge in [-0.1, -0.05) is 53.2 Å². The standard InChI is InChI=1S/C25H27FN4O/c1-17(2)24(19-11-12-20(21(26)15-19)18-9-5-3-6-10-18)22-16-23(29-31-22)28-25(27)30-13-7-4-8-14-30/h3,5-6,9-12,15-16H,4,7-8,13-14H2,1-2H3,(H2,27,28,29). The van der Waals surface area contributed by atoms with Crippen LogP contribution < -0.4 is 5.73 Å². The first-order chi connectivity index (χ1) is 15.0. The van der Waals surface area contributed by atoms with E-state index in [-0.39, 0.29) is 5.82 Å². The van der Waals surface area contributed by atoms with Crippen LogP contribution in [0.3, 0.4) is 0 Å². The van der Waals surface area contributed by atoms with Gasteiger partial charge >= 0.3 is 0 Å². The molecule has 2 heterocycles. The van der Waals surface area contributed by atoms with Crippen molar-refractivity contribution in [3.8, 4) is 11.1 Å². The lowest BCUT2D eigenvalue weighted by Crippen LogP contribution is -2.40. The Morgan fingerprint density at radius 2 is 1.77 bits per heavy atom.